The summed E-state index contributed by atoms with van der Waals surface area (Å²) in [4.78, 5) is 6.97. The number of rotatable bonds is 1. The number of pyridine rings is 1. The first-order chi connectivity index (χ1) is 7.84. The Morgan fingerprint density at radius 3 is 2.69 bits per heavy atom. The molecule has 0 saturated heterocycles. The molecule has 3 heteroatoms. The van der Waals surface area contributed by atoms with Crippen LogP contribution in [0.1, 0.15) is 0 Å². The summed E-state index contributed by atoms with van der Waals surface area (Å²) in [5.41, 5.74) is 3.17. The first kappa shape index (κ1) is 9.09. The molecule has 0 saturated carbocycles. The van der Waals surface area contributed by atoms with Gasteiger partial charge in [-0.2, -0.15) is 0 Å². The Kier molecular flexibility index (Phi) is 1.96. The van der Waals surface area contributed by atoms with Crippen molar-refractivity contribution in [2.75, 3.05) is 0 Å². The molecule has 0 unspecified atom stereocenters. The number of H-pyrrole nitrogens is 1. The number of aromatic nitrogens is 2. The Bertz CT molecular complexity index is 629. The summed E-state index contributed by atoms with van der Waals surface area (Å²) in [6, 6.07) is 11.8. The second-order valence-electron chi connectivity index (χ2n) is 3.62. The molecule has 0 aliphatic heterocycles. The number of benzene rings is 1. The van der Waals surface area contributed by atoms with Gasteiger partial charge in [-0.3, -0.25) is 4.98 Å². The minimum absolute atomic E-state index is 0.311. The van der Waals surface area contributed by atoms with Gasteiger partial charge in [0, 0.05) is 18.0 Å². The molecule has 0 radical (unpaired) electrons. The van der Waals surface area contributed by atoms with Crippen LogP contribution in [0, 0.1) is 5.82 Å². The maximum absolute atomic E-state index is 13.2. The summed E-state index contributed by atoms with van der Waals surface area (Å²) in [5.74, 6) is -0.311. The molecule has 0 spiro atoms. The van der Waals surface area contributed by atoms with Gasteiger partial charge < -0.3 is 4.98 Å². The van der Waals surface area contributed by atoms with Crippen molar-refractivity contribution in [3.8, 4) is 11.1 Å². The molecule has 3 rings (SSSR count). The highest BCUT2D eigenvalue weighted by Gasteiger charge is 2.05. The van der Waals surface area contributed by atoms with E-state index in [0.29, 0.717) is 5.52 Å². The Balaban J connectivity index is 2.19. The molecule has 2 aromatic heterocycles. The zero-order valence-corrected chi connectivity index (χ0v) is 8.44. The fraction of sp³-hybridized carbons (Fsp3) is 0. The number of nitrogens with zero attached hydrogens (tertiary/aromatic N) is 1. The molecular formula is C13H9FN2. The highest BCUT2D eigenvalue weighted by Crippen LogP contribution is 2.22. The number of halogens is 1. The minimum Gasteiger partial charge on any atom is -0.357 e. The van der Waals surface area contributed by atoms with Crippen LogP contribution in [-0.4, -0.2) is 9.97 Å². The topological polar surface area (TPSA) is 28.7 Å². The maximum atomic E-state index is 13.2. The Morgan fingerprint density at radius 1 is 1.06 bits per heavy atom. The van der Waals surface area contributed by atoms with Gasteiger partial charge in [-0.15, -0.1) is 0 Å². The van der Waals surface area contributed by atoms with Gasteiger partial charge in [0.15, 0.2) is 5.82 Å². The lowest BCUT2D eigenvalue weighted by Gasteiger charge is -2.00. The molecule has 3 aromatic rings. The summed E-state index contributed by atoms with van der Waals surface area (Å²) in [6.45, 7) is 0. The van der Waals surface area contributed by atoms with Crippen LogP contribution in [-0.2, 0) is 0 Å². The van der Waals surface area contributed by atoms with Crippen molar-refractivity contribution in [3.63, 3.8) is 0 Å². The molecular weight excluding hydrogens is 203 g/mol. The van der Waals surface area contributed by atoms with E-state index in [0.717, 1.165) is 16.6 Å². The molecule has 0 atom stereocenters. The van der Waals surface area contributed by atoms with Gasteiger partial charge in [-0.1, -0.05) is 30.3 Å². The van der Waals surface area contributed by atoms with Crippen LogP contribution in [0.4, 0.5) is 4.39 Å². The molecule has 16 heavy (non-hydrogen) atoms. The van der Waals surface area contributed by atoms with E-state index in [1.165, 1.54) is 6.20 Å². The lowest BCUT2D eigenvalue weighted by atomic mass is 10.1. The van der Waals surface area contributed by atoms with Gasteiger partial charge in [0.2, 0.25) is 0 Å². The average Bonchev–Trinajstić information content (AvgIpc) is 2.72. The van der Waals surface area contributed by atoms with Crippen LogP contribution < -0.4 is 0 Å². The van der Waals surface area contributed by atoms with Crippen LogP contribution >= 0.6 is 0 Å². The van der Waals surface area contributed by atoms with Gasteiger partial charge in [-0.05, 0) is 11.6 Å². The molecule has 0 aliphatic carbocycles. The van der Waals surface area contributed by atoms with E-state index in [-0.39, 0.29) is 5.82 Å². The Labute approximate surface area is 91.8 Å². The molecule has 2 nitrogen and oxygen atoms in total. The predicted octanol–water partition coefficient (Wildman–Crippen LogP) is 3.37. The van der Waals surface area contributed by atoms with Gasteiger partial charge in [-0.25, -0.2) is 4.39 Å². The van der Waals surface area contributed by atoms with Crippen LogP contribution in [0.15, 0.2) is 48.8 Å². The third-order valence-electron chi connectivity index (χ3n) is 2.58. The second-order valence-corrected chi connectivity index (χ2v) is 3.62. The van der Waals surface area contributed by atoms with Crippen LogP contribution in [0.5, 0.6) is 0 Å². The van der Waals surface area contributed by atoms with Crippen molar-refractivity contribution < 1.29 is 4.39 Å². The van der Waals surface area contributed by atoms with E-state index >= 15 is 0 Å². The lowest BCUT2D eigenvalue weighted by Crippen LogP contribution is -1.81. The molecule has 0 bridgehead atoms. The average molecular weight is 212 g/mol. The van der Waals surface area contributed by atoms with Crippen molar-refractivity contribution in [1.82, 2.24) is 9.97 Å². The summed E-state index contributed by atoms with van der Waals surface area (Å²) in [6.07, 6.45) is 3.01. The fourth-order valence-corrected chi connectivity index (χ4v) is 1.76. The molecule has 2 heterocycles. The summed E-state index contributed by atoms with van der Waals surface area (Å²) in [7, 11) is 0. The van der Waals surface area contributed by atoms with E-state index in [2.05, 4.69) is 9.97 Å². The predicted molar refractivity (Wildman–Crippen MR) is 61.5 cm³/mol. The van der Waals surface area contributed by atoms with Gasteiger partial charge in [0.05, 0.1) is 5.52 Å². The lowest BCUT2D eigenvalue weighted by molar-refractivity contribution is 0.637. The fourth-order valence-electron chi connectivity index (χ4n) is 1.76. The maximum Gasteiger partial charge on any atom is 0.166 e. The standard InChI is InChI=1S/C13H9FN2/c14-11-8-15-12-6-10(7-16-13(11)12)9-4-2-1-3-5-9/h1-8,15H. The summed E-state index contributed by atoms with van der Waals surface area (Å²) < 4.78 is 13.2. The second kappa shape index (κ2) is 3.45. The smallest absolute Gasteiger partial charge is 0.166 e. The van der Waals surface area contributed by atoms with E-state index in [1.54, 1.807) is 6.20 Å². The minimum atomic E-state index is -0.311. The van der Waals surface area contributed by atoms with Crippen LogP contribution in [0.3, 0.4) is 0 Å². The van der Waals surface area contributed by atoms with Crippen molar-refractivity contribution in [2.24, 2.45) is 0 Å². The third kappa shape index (κ3) is 1.37. The van der Waals surface area contributed by atoms with E-state index in [4.69, 9.17) is 0 Å². The highest BCUT2D eigenvalue weighted by atomic mass is 19.1. The van der Waals surface area contributed by atoms with Crippen molar-refractivity contribution >= 4 is 11.0 Å². The van der Waals surface area contributed by atoms with Gasteiger partial charge in [0.1, 0.15) is 5.52 Å². The zero-order chi connectivity index (χ0) is 11.0. The number of fused-ring (bicyclic) bond motifs is 1. The SMILES string of the molecule is Fc1c[nH]c2cc(-c3ccccc3)cnc12. The normalized spacial score (nSPS) is 10.8. The largest absolute Gasteiger partial charge is 0.357 e. The molecule has 0 aliphatic rings. The molecule has 1 aromatic carbocycles. The molecule has 1 N–H and O–H groups in total. The van der Waals surface area contributed by atoms with E-state index in [9.17, 15) is 4.39 Å². The Morgan fingerprint density at radius 2 is 1.88 bits per heavy atom. The third-order valence-corrected chi connectivity index (χ3v) is 2.58. The quantitative estimate of drug-likeness (QED) is 0.658. The summed E-state index contributed by atoms with van der Waals surface area (Å²) in [5, 5.41) is 0. The molecule has 0 amide bonds. The van der Waals surface area contributed by atoms with Crippen LogP contribution in [0.2, 0.25) is 0 Å². The van der Waals surface area contributed by atoms with Gasteiger partial charge >= 0.3 is 0 Å². The van der Waals surface area contributed by atoms with E-state index in [1.807, 2.05) is 36.4 Å². The first-order valence-electron chi connectivity index (χ1n) is 5.02. The van der Waals surface area contributed by atoms with Crippen molar-refractivity contribution in [3.05, 3.63) is 54.6 Å². The summed E-state index contributed by atoms with van der Waals surface area (Å²) >= 11 is 0. The van der Waals surface area contributed by atoms with E-state index < -0.39 is 0 Å². The number of aromatic amines is 1. The molecule has 78 valence electrons. The van der Waals surface area contributed by atoms with Crippen molar-refractivity contribution in [1.29, 1.82) is 0 Å². The number of hydrogen-bond donors (Lipinski definition) is 1. The Hall–Kier alpha value is -2.16. The molecule has 0 fully saturated rings. The first-order valence-corrected chi connectivity index (χ1v) is 5.02. The van der Waals surface area contributed by atoms with Crippen LogP contribution in [0.25, 0.3) is 22.2 Å². The number of hydrogen-bond acceptors (Lipinski definition) is 1. The highest BCUT2D eigenvalue weighted by molar-refractivity contribution is 5.81. The number of nitrogens with one attached hydrogen (secondary N) is 1. The zero-order valence-electron chi connectivity index (χ0n) is 8.44. The van der Waals surface area contributed by atoms with Gasteiger partial charge in [0.25, 0.3) is 0 Å². The monoisotopic (exact) mass is 212 g/mol. The van der Waals surface area contributed by atoms with Crippen molar-refractivity contribution in [2.45, 2.75) is 0 Å².